The van der Waals surface area contributed by atoms with Gasteiger partial charge in [0.1, 0.15) is 11.9 Å². The van der Waals surface area contributed by atoms with Gasteiger partial charge in [-0.15, -0.1) is 0 Å². The Balaban J connectivity index is 1.93. The minimum absolute atomic E-state index is 0.176. The number of aromatic nitrogens is 1. The van der Waals surface area contributed by atoms with Gasteiger partial charge in [-0.05, 0) is 36.8 Å². The van der Waals surface area contributed by atoms with Crippen LogP contribution >= 0.6 is 11.3 Å². The Bertz CT molecular complexity index is 1130. The van der Waals surface area contributed by atoms with Gasteiger partial charge in [-0.2, -0.15) is 4.39 Å². The van der Waals surface area contributed by atoms with E-state index in [0.29, 0.717) is 29.4 Å². The molecule has 3 rings (SSSR count). The van der Waals surface area contributed by atoms with Crippen molar-refractivity contribution in [1.82, 2.24) is 4.98 Å². The lowest BCUT2D eigenvalue weighted by Gasteiger charge is -2.15. The van der Waals surface area contributed by atoms with Gasteiger partial charge in [-0.3, -0.25) is 10.1 Å². The number of benzene rings is 2. The molecular formula is C24H25FN2O5S. The van der Waals surface area contributed by atoms with Gasteiger partial charge in [0.05, 0.1) is 27.0 Å². The van der Waals surface area contributed by atoms with Crippen LogP contribution in [0.25, 0.3) is 12.2 Å². The van der Waals surface area contributed by atoms with Crippen LogP contribution in [0.15, 0.2) is 42.6 Å². The first-order chi connectivity index (χ1) is 15.9. The van der Waals surface area contributed by atoms with Crippen LogP contribution < -0.4 is 19.5 Å². The number of carbonyl (C=O) groups excluding carboxylic acids is 1. The molecule has 174 valence electrons. The lowest BCUT2D eigenvalue weighted by Crippen LogP contribution is -2.18. The lowest BCUT2D eigenvalue weighted by atomic mass is 10.1. The van der Waals surface area contributed by atoms with Crippen LogP contribution in [0.1, 0.15) is 28.4 Å². The van der Waals surface area contributed by atoms with E-state index in [1.165, 1.54) is 0 Å². The van der Waals surface area contributed by atoms with Crippen molar-refractivity contribution < 1.29 is 28.1 Å². The highest BCUT2D eigenvalue weighted by atomic mass is 32.1. The van der Waals surface area contributed by atoms with Crippen LogP contribution in [0, 0.1) is 5.13 Å². The summed E-state index contributed by atoms with van der Waals surface area (Å²) in [6.45, 7) is 2.26. The van der Waals surface area contributed by atoms with Crippen LogP contribution in [0.3, 0.4) is 0 Å². The maximum absolute atomic E-state index is 13.2. The van der Waals surface area contributed by atoms with E-state index in [2.05, 4.69) is 10.3 Å². The summed E-state index contributed by atoms with van der Waals surface area (Å²) < 4.78 is 35.1. The Morgan fingerprint density at radius 3 is 2.67 bits per heavy atom. The first-order valence-electron chi connectivity index (χ1n) is 10.1. The summed E-state index contributed by atoms with van der Waals surface area (Å²) in [5, 5.41) is 2.30. The molecule has 0 unspecified atom stereocenters. The highest BCUT2D eigenvalue weighted by Crippen LogP contribution is 2.32. The zero-order valence-electron chi connectivity index (χ0n) is 18.8. The van der Waals surface area contributed by atoms with E-state index in [0.717, 1.165) is 28.7 Å². The molecule has 0 spiro atoms. The second-order valence-corrected chi connectivity index (χ2v) is 8.00. The Morgan fingerprint density at radius 1 is 1.18 bits per heavy atom. The van der Waals surface area contributed by atoms with Gasteiger partial charge in [0.15, 0.2) is 21.8 Å². The van der Waals surface area contributed by atoms with Crippen LogP contribution in [0.4, 0.5) is 9.52 Å². The lowest BCUT2D eigenvalue weighted by molar-refractivity contribution is 0.0917. The largest absolute Gasteiger partial charge is 0.493 e. The van der Waals surface area contributed by atoms with E-state index in [-0.39, 0.29) is 11.2 Å². The van der Waals surface area contributed by atoms with Gasteiger partial charge in [0, 0.05) is 18.2 Å². The Hall–Kier alpha value is -3.43. The highest BCUT2D eigenvalue weighted by Gasteiger charge is 2.14. The molecule has 1 atom stereocenters. The molecule has 1 N–H and O–H groups in total. The van der Waals surface area contributed by atoms with Gasteiger partial charge in [-0.1, -0.05) is 35.6 Å². The second-order valence-electron chi connectivity index (χ2n) is 7.01. The highest BCUT2D eigenvalue weighted by molar-refractivity contribution is 7.14. The van der Waals surface area contributed by atoms with E-state index >= 15 is 0 Å². The topological polar surface area (TPSA) is 78.9 Å². The van der Waals surface area contributed by atoms with Crippen molar-refractivity contribution in [2.75, 3.05) is 33.3 Å². The molecule has 1 aromatic heterocycles. The van der Waals surface area contributed by atoms with Gasteiger partial charge < -0.3 is 18.9 Å². The smallest absolute Gasteiger partial charge is 0.257 e. The van der Waals surface area contributed by atoms with Crippen LogP contribution in [0.5, 0.6) is 17.2 Å². The Kier molecular flexibility index (Phi) is 8.39. The number of nitrogens with zero attached hydrogens (tertiary/aromatic N) is 1. The van der Waals surface area contributed by atoms with Crippen molar-refractivity contribution in [3.8, 4) is 17.2 Å². The molecule has 7 nitrogen and oxygen atoms in total. The summed E-state index contributed by atoms with van der Waals surface area (Å²) in [4.78, 5) is 16.6. The van der Waals surface area contributed by atoms with E-state index in [1.807, 2.05) is 43.3 Å². The first kappa shape index (κ1) is 24.2. The summed E-state index contributed by atoms with van der Waals surface area (Å²) in [7, 11) is 4.74. The number of para-hydroxylation sites is 1. The molecule has 33 heavy (non-hydrogen) atoms. The van der Waals surface area contributed by atoms with Crippen molar-refractivity contribution in [2.45, 2.75) is 13.0 Å². The standard InChI is InChI=1S/C24H25FN2O5S/c1-15(14-29-2)32-19-11-16(8-9-17-6-5-7-20(30-3)22(17)31-4)10-18(12-19)23(28)27-24-26-13-21(25)33-24/h5-13,15H,14H2,1-4H3,(H,26,27,28)/b9-8+/t15-/m0/s1. The molecule has 1 amide bonds. The van der Waals surface area contributed by atoms with E-state index in [4.69, 9.17) is 18.9 Å². The SMILES string of the molecule is COC[C@H](C)Oc1cc(/C=C/c2cccc(OC)c2OC)cc(C(=O)Nc2ncc(F)s2)c1. The Morgan fingerprint density at radius 2 is 2.00 bits per heavy atom. The maximum Gasteiger partial charge on any atom is 0.257 e. The molecule has 0 aliphatic rings. The second kappa shape index (κ2) is 11.4. The third kappa shape index (κ3) is 6.53. The zero-order valence-corrected chi connectivity index (χ0v) is 19.6. The average Bonchev–Trinajstić information content (AvgIpc) is 3.21. The number of carbonyl (C=O) groups is 1. The van der Waals surface area contributed by atoms with Gasteiger partial charge in [-0.25, -0.2) is 4.98 Å². The third-order valence-electron chi connectivity index (χ3n) is 4.52. The quantitative estimate of drug-likeness (QED) is 0.412. The fourth-order valence-corrected chi connectivity index (χ4v) is 3.67. The minimum atomic E-state index is -0.480. The number of hydrogen-bond donors (Lipinski definition) is 1. The van der Waals surface area contributed by atoms with Gasteiger partial charge in [0.25, 0.3) is 5.91 Å². The molecule has 2 aromatic carbocycles. The van der Waals surface area contributed by atoms with Crippen molar-refractivity contribution in [1.29, 1.82) is 0 Å². The van der Waals surface area contributed by atoms with Crippen LogP contribution in [0.2, 0.25) is 0 Å². The van der Waals surface area contributed by atoms with Gasteiger partial charge >= 0.3 is 0 Å². The third-order valence-corrected chi connectivity index (χ3v) is 5.22. The van der Waals surface area contributed by atoms with E-state index in [1.54, 1.807) is 33.5 Å². The number of nitrogens with one attached hydrogen (secondary N) is 1. The molecule has 9 heteroatoms. The number of thiazole rings is 1. The van der Waals surface area contributed by atoms with Crippen molar-refractivity contribution in [2.24, 2.45) is 0 Å². The maximum atomic E-state index is 13.2. The molecular weight excluding hydrogens is 447 g/mol. The van der Waals surface area contributed by atoms with Crippen molar-refractivity contribution in [3.63, 3.8) is 0 Å². The molecule has 0 fully saturated rings. The van der Waals surface area contributed by atoms with Crippen LogP contribution in [-0.2, 0) is 4.74 Å². The summed E-state index contributed by atoms with van der Waals surface area (Å²) in [6.07, 6.45) is 4.53. The average molecular weight is 473 g/mol. The molecule has 0 aliphatic carbocycles. The number of methoxy groups -OCH3 is 3. The molecule has 0 bridgehead atoms. The molecule has 0 radical (unpaired) electrons. The first-order valence-corrected chi connectivity index (χ1v) is 10.9. The summed E-state index contributed by atoms with van der Waals surface area (Å²) >= 11 is 0.754. The van der Waals surface area contributed by atoms with E-state index < -0.39 is 11.0 Å². The molecule has 3 aromatic rings. The molecule has 0 saturated carbocycles. The summed E-state index contributed by atoms with van der Waals surface area (Å²) in [5.41, 5.74) is 1.86. The zero-order chi connectivity index (χ0) is 23.8. The number of ether oxygens (including phenoxy) is 4. The number of rotatable bonds is 10. The molecule has 1 heterocycles. The fourth-order valence-electron chi connectivity index (χ4n) is 3.13. The normalized spacial score (nSPS) is 11.9. The Labute approximate surface area is 195 Å². The van der Waals surface area contributed by atoms with Gasteiger partial charge in [0.2, 0.25) is 0 Å². The predicted octanol–water partition coefficient (Wildman–Crippen LogP) is 5.14. The minimum Gasteiger partial charge on any atom is -0.493 e. The number of amides is 1. The number of anilines is 1. The number of hydrogen-bond acceptors (Lipinski definition) is 7. The fraction of sp³-hybridized carbons (Fsp3) is 0.250. The van der Waals surface area contributed by atoms with Crippen molar-refractivity contribution in [3.05, 3.63) is 64.4 Å². The summed E-state index contributed by atoms with van der Waals surface area (Å²) in [5.74, 6) is 1.28. The van der Waals surface area contributed by atoms with Crippen LogP contribution in [-0.4, -0.2) is 44.9 Å². The van der Waals surface area contributed by atoms with Crippen molar-refractivity contribution >= 4 is 34.5 Å². The monoisotopic (exact) mass is 472 g/mol. The molecule has 0 saturated heterocycles. The van der Waals surface area contributed by atoms with E-state index in [9.17, 15) is 9.18 Å². The predicted molar refractivity (Wildman–Crippen MR) is 127 cm³/mol. The number of halogens is 1. The summed E-state index contributed by atoms with van der Waals surface area (Å²) in [6, 6.07) is 10.7. The molecule has 0 aliphatic heterocycles.